The third-order valence-corrected chi connectivity index (χ3v) is 2.67. The van der Waals surface area contributed by atoms with Gasteiger partial charge in [-0.3, -0.25) is 4.79 Å². The number of hydrogen-bond donors (Lipinski definition) is 2. The molecule has 0 aromatic rings. The largest absolute Gasteiger partial charge is 0.394 e. The van der Waals surface area contributed by atoms with Gasteiger partial charge in [-0.25, -0.2) is 0 Å². The smallest absolute Gasteiger partial charge is 0.236 e. The van der Waals surface area contributed by atoms with E-state index >= 15 is 0 Å². The average molecular weight is 186 g/mol. The van der Waals surface area contributed by atoms with Gasteiger partial charge in [-0.05, 0) is 13.3 Å². The van der Waals surface area contributed by atoms with Crippen molar-refractivity contribution in [1.29, 1.82) is 0 Å². The molecule has 1 amide bonds. The fourth-order valence-electron chi connectivity index (χ4n) is 1.91. The van der Waals surface area contributed by atoms with Crippen LogP contribution in [0.4, 0.5) is 0 Å². The second-order valence-corrected chi connectivity index (χ2v) is 3.33. The Morgan fingerprint density at radius 3 is 2.77 bits per heavy atom. The van der Waals surface area contributed by atoms with Gasteiger partial charge in [0, 0.05) is 12.6 Å². The predicted octanol–water partition coefficient (Wildman–Crippen LogP) is -0.422. The molecule has 1 aliphatic heterocycles. The van der Waals surface area contributed by atoms with Crippen LogP contribution >= 0.6 is 0 Å². The number of nitrogens with one attached hydrogen (secondary N) is 1. The first kappa shape index (κ1) is 10.5. The van der Waals surface area contributed by atoms with E-state index in [9.17, 15) is 9.90 Å². The molecule has 0 aromatic carbocycles. The van der Waals surface area contributed by atoms with Gasteiger partial charge in [0.2, 0.25) is 5.91 Å². The first-order valence-electron chi connectivity index (χ1n) is 4.88. The van der Waals surface area contributed by atoms with E-state index in [4.69, 9.17) is 0 Å². The number of aliphatic hydroxyl groups excluding tert-OH is 1. The van der Waals surface area contributed by atoms with E-state index in [1.165, 1.54) is 0 Å². The fourth-order valence-corrected chi connectivity index (χ4v) is 1.91. The Labute approximate surface area is 78.9 Å². The molecule has 0 radical (unpaired) electrons. The summed E-state index contributed by atoms with van der Waals surface area (Å²) in [6.45, 7) is 5.14. The van der Waals surface area contributed by atoms with Gasteiger partial charge in [0.1, 0.15) is 0 Å². The van der Waals surface area contributed by atoms with Crippen molar-refractivity contribution in [2.24, 2.45) is 0 Å². The highest BCUT2D eigenvalue weighted by molar-refractivity contribution is 5.79. The van der Waals surface area contributed by atoms with Crippen LogP contribution in [0.5, 0.6) is 0 Å². The number of nitrogens with zero attached hydrogens (tertiary/aromatic N) is 1. The molecule has 0 spiro atoms. The Morgan fingerprint density at radius 1 is 1.62 bits per heavy atom. The summed E-state index contributed by atoms with van der Waals surface area (Å²) in [5, 5.41) is 12.3. The summed E-state index contributed by atoms with van der Waals surface area (Å²) in [6, 6.07) is 0.193. The first-order chi connectivity index (χ1) is 6.24. The number of amides is 1. The zero-order valence-electron chi connectivity index (χ0n) is 8.29. The number of carbonyl (C=O) groups is 1. The molecular formula is C9H18N2O2. The monoisotopic (exact) mass is 186 g/mol. The lowest BCUT2D eigenvalue weighted by molar-refractivity contribution is -0.137. The first-order valence-corrected chi connectivity index (χ1v) is 4.88. The van der Waals surface area contributed by atoms with Crippen LogP contribution in [0.15, 0.2) is 0 Å². The van der Waals surface area contributed by atoms with E-state index in [-0.39, 0.29) is 24.6 Å². The summed E-state index contributed by atoms with van der Waals surface area (Å²) in [6.07, 6.45) is 0.939. The SMILES string of the molecule is CC[C@@H]1NCC(=O)N(CC)[C@@H]1CO. The Bertz CT molecular complexity index is 184. The lowest BCUT2D eigenvalue weighted by Crippen LogP contribution is -2.61. The minimum absolute atomic E-state index is 0.0451. The molecule has 0 saturated carbocycles. The van der Waals surface area contributed by atoms with Crippen LogP contribution in [0.3, 0.4) is 0 Å². The summed E-state index contributed by atoms with van der Waals surface area (Å²) in [4.78, 5) is 13.2. The van der Waals surface area contributed by atoms with Crippen molar-refractivity contribution in [2.45, 2.75) is 32.4 Å². The van der Waals surface area contributed by atoms with Crippen LogP contribution in [0, 0.1) is 0 Å². The van der Waals surface area contributed by atoms with Gasteiger partial charge >= 0.3 is 0 Å². The van der Waals surface area contributed by atoms with Crippen LogP contribution < -0.4 is 5.32 Å². The Balaban J connectivity index is 2.70. The highest BCUT2D eigenvalue weighted by Crippen LogP contribution is 2.12. The van der Waals surface area contributed by atoms with Gasteiger partial charge in [-0.1, -0.05) is 6.92 Å². The molecular weight excluding hydrogens is 168 g/mol. The lowest BCUT2D eigenvalue weighted by Gasteiger charge is -2.40. The van der Waals surface area contributed by atoms with Crippen molar-refractivity contribution in [3.8, 4) is 0 Å². The van der Waals surface area contributed by atoms with Crippen LogP contribution in [-0.4, -0.2) is 47.7 Å². The van der Waals surface area contributed by atoms with Crippen LogP contribution in [0.2, 0.25) is 0 Å². The number of hydrogen-bond acceptors (Lipinski definition) is 3. The summed E-state index contributed by atoms with van der Waals surface area (Å²) < 4.78 is 0. The Morgan fingerprint density at radius 2 is 2.31 bits per heavy atom. The second-order valence-electron chi connectivity index (χ2n) is 3.33. The second kappa shape index (κ2) is 4.58. The molecule has 0 aromatic heterocycles. The highest BCUT2D eigenvalue weighted by Gasteiger charge is 2.32. The third kappa shape index (κ3) is 2.00. The minimum Gasteiger partial charge on any atom is -0.394 e. The van der Waals surface area contributed by atoms with Crippen molar-refractivity contribution in [2.75, 3.05) is 19.7 Å². The van der Waals surface area contributed by atoms with Gasteiger partial charge < -0.3 is 15.3 Å². The van der Waals surface area contributed by atoms with Crippen molar-refractivity contribution in [1.82, 2.24) is 10.2 Å². The van der Waals surface area contributed by atoms with Gasteiger partial charge in [0.05, 0.1) is 19.2 Å². The molecule has 1 heterocycles. The highest BCUT2D eigenvalue weighted by atomic mass is 16.3. The molecule has 0 unspecified atom stereocenters. The molecule has 2 atom stereocenters. The summed E-state index contributed by atoms with van der Waals surface area (Å²) in [7, 11) is 0. The zero-order chi connectivity index (χ0) is 9.84. The van der Waals surface area contributed by atoms with Crippen molar-refractivity contribution in [3.05, 3.63) is 0 Å². The van der Waals surface area contributed by atoms with Gasteiger partial charge in [-0.2, -0.15) is 0 Å². The fraction of sp³-hybridized carbons (Fsp3) is 0.889. The quantitative estimate of drug-likeness (QED) is 0.629. The molecule has 1 aliphatic rings. The molecule has 1 fully saturated rings. The van der Waals surface area contributed by atoms with Gasteiger partial charge in [-0.15, -0.1) is 0 Å². The zero-order valence-corrected chi connectivity index (χ0v) is 8.29. The Hall–Kier alpha value is -0.610. The van der Waals surface area contributed by atoms with Gasteiger partial charge in [0.25, 0.3) is 0 Å². The number of piperazine rings is 1. The van der Waals surface area contributed by atoms with E-state index in [1.807, 2.05) is 6.92 Å². The molecule has 4 heteroatoms. The third-order valence-electron chi connectivity index (χ3n) is 2.67. The number of aliphatic hydroxyl groups is 1. The van der Waals surface area contributed by atoms with Crippen LogP contribution in [-0.2, 0) is 4.79 Å². The van der Waals surface area contributed by atoms with E-state index in [1.54, 1.807) is 4.90 Å². The normalized spacial score (nSPS) is 29.5. The molecule has 0 aliphatic carbocycles. The molecule has 2 N–H and O–H groups in total. The maximum atomic E-state index is 11.4. The molecule has 0 bridgehead atoms. The molecule has 13 heavy (non-hydrogen) atoms. The summed E-state index contributed by atoms with van der Waals surface area (Å²) in [5.74, 6) is 0.0891. The summed E-state index contributed by atoms with van der Waals surface area (Å²) in [5.41, 5.74) is 0. The topological polar surface area (TPSA) is 52.6 Å². The average Bonchev–Trinajstić information content (AvgIpc) is 2.17. The van der Waals surface area contributed by atoms with Crippen molar-refractivity contribution in [3.63, 3.8) is 0 Å². The molecule has 1 rings (SSSR count). The van der Waals surface area contributed by atoms with Crippen molar-refractivity contribution < 1.29 is 9.90 Å². The summed E-state index contributed by atoms with van der Waals surface area (Å²) >= 11 is 0. The molecule has 76 valence electrons. The number of likely N-dealkylation sites (N-methyl/N-ethyl adjacent to an activating group) is 1. The van der Waals surface area contributed by atoms with Gasteiger partial charge in [0.15, 0.2) is 0 Å². The maximum Gasteiger partial charge on any atom is 0.236 e. The molecule has 1 saturated heterocycles. The maximum absolute atomic E-state index is 11.4. The van der Waals surface area contributed by atoms with E-state index in [0.717, 1.165) is 6.42 Å². The Kier molecular flexibility index (Phi) is 3.69. The van der Waals surface area contributed by atoms with Crippen LogP contribution in [0.25, 0.3) is 0 Å². The van der Waals surface area contributed by atoms with E-state index in [2.05, 4.69) is 12.2 Å². The lowest BCUT2D eigenvalue weighted by atomic mass is 10.0. The van der Waals surface area contributed by atoms with Crippen LogP contribution in [0.1, 0.15) is 20.3 Å². The minimum atomic E-state index is -0.0451. The number of carbonyl (C=O) groups excluding carboxylic acids is 1. The van der Waals surface area contributed by atoms with Crippen molar-refractivity contribution >= 4 is 5.91 Å². The van der Waals surface area contributed by atoms with E-state index < -0.39 is 0 Å². The predicted molar refractivity (Wildman–Crippen MR) is 50.3 cm³/mol. The molecule has 4 nitrogen and oxygen atoms in total. The number of rotatable bonds is 3. The van der Waals surface area contributed by atoms with E-state index in [0.29, 0.717) is 13.1 Å². The standard InChI is InChI=1S/C9H18N2O2/c1-3-7-8(6-12)11(4-2)9(13)5-10-7/h7-8,10,12H,3-6H2,1-2H3/t7-,8+/m0/s1.